The van der Waals surface area contributed by atoms with Crippen LogP contribution in [0.15, 0.2) is 28.8 Å². The van der Waals surface area contributed by atoms with E-state index >= 15 is 0 Å². The van der Waals surface area contributed by atoms with Crippen LogP contribution in [0.25, 0.3) is 22.8 Å². The second-order valence-electron chi connectivity index (χ2n) is 6.35. The number of aromatic amines is 1. The quantitative estimate of drug-likeness (QED) is 0.750. The first kappa shape index (κ1) is 14.5. The van der Waals surface area contributed by atoms with Crippen LogP contribution >= 0.6 is 0 Å². The molecule has 3 N–H and O–H groups in total. The topological polar surface area (TPSA) is 112 Å². The number of rotatable bonds is 4. The summed E-state index contributed by atoms with van der Waals surface area (Å²) in [6.45, 7) is 1.12. The van der Waals surface area contributed by atoms with Crippen molar-refractivity contribution >= 4 is 0 Å². The van der Waals surface area contributed by atoms with Crippen molar-refractivity contribution in [1.29, 1.82) is 0 Å². The highest BCUT2D eigenvalue weighted by Gasteiger charge is 2.32. The second-order valence-corrected chi connectivity index (χ2v) is 6.35. The highest BCUT2D eigenvalue weighted by molar-refractivity contribution is 5.67. The summed E-state index contributed by atoms with van der Waals surface area (Å²) < 4.78 is 16.5. The van der Waals surface area contributed by atoms with Gasteiger partial charge in [0.05, 0.1) is 11.7 Å². The summed E-state index contributed by atoms with van der Waals surface area (Å²) in [5.74, 6) is 2.89. The third kappa shape index (κ3) is 2.64. The molecule has 0 bridgehead atoms. The number of ether oxygens (including phenoxy) is 2. The lowest BCUT2D eigenvalue weighted by Crippen LogP contribution is -2.15. The smallest absolute Gasteiger partial charge is 0.276 e. The molecule has 3 aromatic rings. The first-order valence-corrected chi connectivity index (χ1v) is 8.33. The van der Waals surface area contributed by atoms with Gasteiger partial charge in [-0.2, -0.15) is 10.1 Å². The minimum absolute atomic E-state index is 0.155. The van der Waals surface area contributed by atoms with Gasteiger partial charge in [0, 0.05) is 5.56 Å². The third-order valence-electron chi connectivity index (χ3n) is 4.52. The lowest BCUT2D eigenvalue weighted by molar-refractivity contribution is 0.171. The van der Waals surface area contributed by atoms with E-state index in [2.05, 4.69) is 20.3 Å². The molecule has 5 rings (SSSR count). The third-order valence-corrected chi connectivity index (χ3v) is 4.52. The summed E-state index contributed by atoms with van der Waals surface area (Å²) >= 11 is 0. The number of hydrogen-bond donors (Lipinski definition) is 2. The van der Waals surface area contributed by atoms with Crippen molar-refractivity contribution in [3.05, 3.63) is 30.1 Å². The van der Waals surface area contributed by atoms with Gasteiger partial charge in [-0.05, 0) is 43.0 Å². The molecule has 2 aliphatic rings. The number of hydrogen-bond acceptors (Lipinski definition) is 7. The molecule has 1 aliphatic carbocycles. The van der Waals surface area contributed by atoms with E-state index in [4.69, 9.17) is 19.7 Å². The van der Waals surface area contributed by atoms with E-state index in [0.717, 1.165) is 35.6 Å². The Morgan fingerprint density at radius 3 is 2.80 bits per heavy atom. The van der Waals surface area contributed by atoms with Gasteiger partial charge in [-0.25, -0.2) is 0 Å². The van der Waals surface area contributed by atoms with Crippen LogP contribution in [0, 0.1) is 5.92 Å². The van der Waals surface area contributed by atoms with Crippen LogP contribution in [0.2, 0.25) is 0 Å². The van der Waals surface area contributed by atoms with Gasteiger partial charge in [-0.15, -0.1) is 0 Å². The maximum absolute atomic E-state index is 6.12. The normalized spacial score (nSPS) is 17.5. The van der Waals surface area contributed by atoms with Crippen molar-refractivity contribution in [1.82, 2.24) is 20.3 Å². The van der Waals surface area contributed by atoms with E-state index in [-0.39, 0.29) is 6.04 Å². The molecule has 0 saturated heterocycles. The van der Waals surface area contributed by atoms with Crippen LogP contribution in [0.5, 0.6) is 11.5 Å². The molecule has 1 atom stereocenters. The summed E-state index contributed by atoms with van der Waals surface area (Å²) in [5.41, 5.74) is 8.46. The van der Waals surface area contributed by atoms with Crippen molar-refractivity contribution in [2.24, 2.45) is 11.7 Å². The maximum Gasteiger partial charge on any atom is 0.276 e. The summed E-state index contributed by atoms with van der Waals surface area (Å²) in [7, 11) is 0. The van der Waals surface area contributed by atoms with E-state index in [1.165, 1.54) is 0 Å². The van der Waals surface area contributed by atoms with Gasteiger partial charge >= 0.3 is 0 Å². The highest BCUT2D eigenvalue weighted by Crippen LogP contribution is 2.39. The summed E-state index contributed by atoms with van der Waals surface area (Å²) in [4.78, 5) is 4.40. The van der Waals surface area contributed by atoms with Crippen LogP contribution in [0.4, 0.5) is 0 Å². The molecule has 0 spiro atoms. The second kappa shape index (κ2) is 5.59. The van der Waals surface area contributed by atoms with Gasteiger partial charge in [0.25, 0.3) is 5.89 Å². The predicted octanol–water partition coefficient (Wildman–Crippen LogP) is 2.31. The van der Waals surface area contributed by atoms with Crippen molar-refractivity contribution in [2.45, 2.75) is 18.9 Å². The zero-order chi connectivity index (χ0) is 16.8. The van der Waals surface area contributed by atoms with Crippen molar-refractivity contribution < 1.29 is 14.0 Å². The lowest BCUT2D eigenvalue weighted by atomic mass is 10.1. The molecule has 1 aromatic carbocycles. The number of fused-ring (bicyclic) bond motifs is 1. The molecule has 25 heavy (non-hydrogen) atoms. The van der Waals surface area contributed by atoms with E-state index in [1.54, 1.807) is 0 Å². The molecule has 128 valence electrons. The number of nitrogens with zero attached hydrogens (tertiary/aromatic N) is 3. The fraction of sp³-hybridized carbons (Fsp3) is 0.353. The highest BCUT2D eigenvalue weighted by atomic mass is 16.6. The van der Waals surface area contributed by atoms with Gasteiger partial charge in [0.15, 0.2) is 17.3 Å². The van der Waals surface area contributed by atoms with Gasteiger partial charge in [-0.1, -0.05) is 5.16 Å². The fourth-order valence-electron chi connectivity index (χ4n) is 2.93. The Balaban J connectivity index is 1.41. The summed E-state index contributed by atoms with van der Waals surface area (Å²) in [6.07, 6.45) is 2.26. The molecule has 1 saturated carbocycles. The summed E-state index contributed by atoms with van der Waals surface area (Å²) in [6, 6.07) is 7.45. The average molecular weight is 339 g/mol. The molecule has 1 unspecified atom stereocenters. The van der Waals surface area contributed by atoms with E-state index in [9.17, 15) is 0 Å². The molecule has 2 aromatic heterocycles. The van der Waals surface area contributed by atoms with Crippen molar-refractivity contribution in [3.63, 3.8) is 0 Å². The van der Waals surface area contributed by atoms with Crippen molar-refractivity contribution in [2.75, 3.05) is 13.2 Å². The Hall–Kier alpha value is -2.87. The largest absolute Gasteiger partial charge is 0.486 e. The molecule has 1 aliphatic heterocycles. The molecule has 0 radical (unpaired) electrons. The molecular weight excluding hydrogens is 322 g/mol. The predicted molar refractivity (Wildman–Crippen MR) is 88.0 cm³/mol. The monoisotopic (exact) mass is 339 g/mol. The molecule has 8 nitrogen and oxygen atoms in total. The molecule has 3 heterocycles. The van der Waals surface area contributed by atoms with Crippen LogP contribution in [-0.4, -0.2) is 33.6 Å². The SMILES string of the molecule is NC(c1noc(-c2cc(-c3ccc4c(c3)OCCO4)n[nH]2)n1)C1CC1. The number of nitrogens with two attached hydrogens (primary N) is 1. The Labute approximate surface area is 143 Å². The average Bonchev–Trinajstić information content (AvgIpc) is 3.18. The van der Waals surface area contributed by atoms with Crippen LogP contribution in [0.1, 0.15) is 24.7 Å². The number of nitrogens with one attached hydrogen (secondary N) is 1. The Morgan fingerprint density at radius 1 is 1.12 bits per heavy atom. The fourth-order valence-corrected chi connectivity index (χ4v) is 2.93. The standard InChI is InChI=1S/C17H17N5O3/c18-15(9-1-2-9)16-19-17(25-22-16)12-8-11(20-21-12)10-3-4-13-14(7-10)24-6-5-23-13/h3-4,7-9,15H,1-2,5-6,18H2,(H,20,21). The zero-order valence-corrected chi connectivity index (χ0v) is 13.4. The van der Waals surface area contributed by atoms with Gasteiger partial charge in [-0.3, -0.25) is 5.10 Å². The van der Waals surface area contributed by atoms with Crippen LogP contribution in [-0.2, 0) is 0 Å². The molecule has 1 fully saturated rings. The van der Waals surface area contributed by atoms with Crippen LogP contribution in [0.3, 0.4) is 0 Å². The first-order chi connectivity index (χ1) is 12.3. The number of H-pyrrole nitrogens is 1. The zero-order valence-electron chi connectivity index (χ0n) is 13.4. The minimum atomic E-state index is -0.155. The molecule has 0 amide bonds. The molecule has 8 heteroatoms. The van der Waals surface area contributed by atoms with E-state index < -0.39 is 0 Å². The van der Waals surface area contributed by atoms with Gasteiger partial charge in [0.2, 0.25) is 0 Å². The first-order valence-electron chi connectivity index (χ1n) is 8.33. The lowest BCUT2D eigenvalue weighted by Gasteiger charge is -2.18. The van der Waals surface area contributed by atoms with Crippen LogP contribution < -0.4 is 15.2 Å². The van der Waals surface area contributed by atoms with Gasteiger partial charge in [0.1, 0.15) is 18.9 Å². The number of benzene rings is 1. The molecular formula is C17H17N5O3. The number of aromatic nitrogens is 4. The Kier molecular flexibility index (Phi) is 3.24. The van der Waals surface area contributed by atoms with E-state index in [0.29, 0.717) is 36.5 Å². The Bertz CT molecular complexity index is 915. The van der Waals surface area contributed by atoms with Crippen molar-refractivity contribution in [3.8, 4) is 34.3 Å². The minimum Gasteiger partial charge on any atom is -0.486 e. The van der Waals surface area contributed by atoms with E-state index in [1.807, 2.05) is 24.3 Å². The van der Waals surface area contributed by atoms with Gasteiger partial charge < -0.3 is 19.7 Å². The Morgan fingerprint density at radius 2 is 1.96 bits per heavy atom. The summed E-state index contributed by atoms with van der Waals surface area (Å²) in [5, 5.41) is 11.3. The maximum atomic E-state index is 6.12.